The lowest BCUT2D eigenvalue weighted by Gasteiger charge is -2.28. The van der Waals surface area contributed by atoms with Crippen molar-refractivity contribution in [1.82, 2.24) is 15.8 Å². The Morgan fingerprint density at radius 2 is 2.08 bits per heavy atom. The zero-order valence-corrected chi connectivity index (χ0v) is 15.4. The largest absolute Gasteiger partial charge is 0.356 e. The van der Waals surface area contributed by atoms with Crippen LogP contribution in [0.5, 0.6) is 0 Å². The molecule has 9 heteroatoms. The first-order valence-electron chi connectivity index (χ1n) is 7.50. The SMILES string of the molecule is O=C(CCN1C(=O)CSc2ccccc21)NNC(=O)c1cc(Br)c[nH]1. The maximum absolute atomic E-state index is 12.1. The topological polar surface area (TPSA) is 94.3 Å². The van der Waals surface area contributed by atoms with Gasteiger partial charge in [-0.15, -0.1) is 11.8 Å². The van der Waals surface area contributed by atoms with Crippen LogP contribution in [0.4, 0.5) is 5.69 Å². The summed E-state index contributed by atoms with van der Waals surface area (Å²) >= 11 is 4.72. The van der Waals surface area contributed by atoms with Gasteiger partial charge in [-0.05, 0) is 34.1 Å². The van der Waals surface area contributed by atoms with Crippen LogP contribution < -0.4 is 15.8 Å². The van der Waals surface area contributed by atoms with Crippen molar-refractivity contribution in [1.29, 1.82) is 0 Å². The standard InChI is InChI=1S/C16H15BrN4O3S/c17-10-7-11(18-8-10)16(24)20-19-14(22)5-6-21-12-3-1-2-4-13(12)25-9-15(21)23/h1-4,7-8,18H,5-6,9H2,(H,19,22)(H,20,24). The number of para-hydroxylation sites is 1. The van der Waals surface area contributed by atoms with Gasteiger partial charge in [-0.25, -0.2) is 0 Å². The molecule has 1 aromatic carbocycles. The summed E-state index contributed by atoms with van der Waals surface area (Å²) in [6.07, 6.45) is 1.70. The fourth-order valence-corrected chi connectivity index (χ4v) is 3.65. The van der Waals surface area contributed by atoms with Crippen molar-refractivity contribution in [2.45, 2.75) is 11.3 Å². The summed E-state index contributed by atoms with van der Waals surface area (Å²) in [5, 5.41) is 0. The second-order valence-electron chi connectivity index (χ2n) is 5.29. The Bertz CT molecular complexity index is 823. The van der Waals surface area contributed by atoms with E-state index in [0.717, 1.165) is 15.1 Å². The second-order valence-corrected chi connectivity index (χ2v) is 7.22. The van der Waals surface area contributed by atoms with Crippen molar-refractivity contribution < 1.29 is 14.4 Å². The van der Waals surface area contributed by atoms with Gasteiger partial charge in [-0.3, -0.25) is 25.2 Å². The van der Waals surface area contributed by atoms with E-state index < -0.39 is 5.91 Å². The number of thioether (sulfide) groups is 1. The number of aromatic nitrogens is 1. The number of nitrogens with zero attached hydrogens (tertiary/aromatic N) is 1. The minimum Gasteiger partial charge on any atom is -0.356 e. The molecule has 0 atom stereocenters. The molecule has 7 nitrogen and oxygen atoms in total. The first-order chi connectivity index (χ1) is 12.0. The lowest BCUT2D eigenvalue weighted by molar-refractivity contribution is -0.121. The van der Waals surface area contributed by atoms with Crippen molar-refractivity contribution in [2.24, 2.45) is 0 Å². The minimum atomic E-state index is -0.449. The Morgan fingerprint density at radius 3 is 2.84 bits per heavy atom. The maximum atomic E-state index is 12.1. The highest BCUT2D eigenvalue weighted by molar-refractivity contribution is 9.10. The lowest BCUT2D eigenvalue weighted by atomic mass is 10.2. The smallest absolute Gasteiger partial charge is 0.286 e. The number of hydrogen-bond acceptors (Lipinski definition) is 4. The second kappa shape index (κ2) is 7.75. The number of fused-ring (bicyclic) bond motifs is 1. The molecular weight excluding hydrogens is 408 g/mol. The van der Waals surface area contributed by atoms with Crippen LogP contribution in [-0.4, -0.2) is 35.0 Å². The minimum absolute atomic E-state index is 0.0308. The Hall–Kier alpha value is -2.26. The summed E-state index contributed by atoms with van der Waals surface area (Å²) in [6, 6.07) is 9.19. The number of carbonyl (C=O) groups excluding carboxylic acids is 3. The summed E-state index contributed by atoms with van der Waals surface area (Å²) in [5.41, 5.74) is 5.82. The van der Waals surface area contributed by atoms with Crippen LogP contribution in [0, 0.1) is 0 Å². The van der Waals surface area contributed by atoms with Crippen LogP contribution in [0.15, 0.2) is 45.9 Å². The predicted molar refractivity (Wildman–Crippen MR) is 98.2 cm³/mol. The van der Waals surface area contributed by atoms with Gasteiger partial charge in [0.15, 0.2) is 0 Å². The van der Waals surface area contributed by atoms with Gasteiger partial charge in [-0.2, -0.15) is 0 Å². The number of hydrogen-bond donors (Lipinski definition) is 3. The number of rotatable bonds is 4. The average molecular weight is 423 g/mol. The molecule has 0 saturated carbocycles. The number of halogens is 1. The van der Waals surface area contributed by atoms with Gasteiger partial charge >= 0.3 is 0 Å². The van der Waals surface area contributed by atoms with Crippen molar-refractivity contribution in [3.63, 3.8) is 0 Å². The van der Waals surface area contributed by atoms with E-state index in [-0.39, 0.29) is 24.8 Å². The molecule has 25 heavy (non-hydrogen) atoms. The number of amides is 3. The maximum Gasteiger partial charge on any atom is 0.286 e. The van der Waals surface area contributed by atoms with Gasteiger partial charge in [0.2, 0.25) is 11.8 Å². The molecule has 3 amide bonds. The zero-order valence-electron chi connectivity index (χ0n) is 13.0. The molecule has 0 spiro atoms. The van der Waals surface area contributed by atoms with E-state index in [1.807, 2.05) is 24.3 Å². The average Bonchev–Trinajstić information content (AvgIpc) is 3.05. The Labute approximate surface area is 156 Å². The molecule has 2 aromatic rings. The molecular formula is C16H15BrN4O3S. The van der Waals surface area contributed by atoms with E-state index in [2.05, 4.69) is 31.8 Å². The number of aromatic amines is 1. The fraction of sp³-hybridized carbons (Fsp3) is 0.188. The first-order valence-corrected chi connectivity index (χ1v) is 9.28. The number of anilines is 1. The molecule has 1 aliphatic rings. The monoisotopic (exact) mass is 422 g/mol. The predicted octanol–water partition coefficient (Wildman–Crippen LogP) is 2.07. The number of hydrazine groups is 1. The lowest BCUT2D eigenvalue weighted by Crippen LogP contribution is -2.44. The van der Waals surface area contributed by atoms with Crippen LogP contribution in [0.1, 0.15) is 16.9 Å². The van der Waals surface area contributed by atoms with Gasteiger partial charge in [0.1, 0.15) is 5.69 Å². The van der Waals surface area contributed by atoms with Crippen molar-refractivity contribution in [3.05, 3.63) is 46.7 Å². The van der Waals surface area contributed by atoms with Crippen LogP contribution in [0.25, 0.3) is 0 Å². The van der Waals surface area contributed by atoms with E-state index in [4.69, 9.17) is 0 Å². The molecule has 0 radical (unpaired) electrons. The van der Waals surface area contributed by atoms with Gasteiger partial charge in [0, 0.05) is 28.5 Å². The number of benzene rings is 1. The van der Waals surface area contributed by atoms with Crippen molar-refractivity contribution >= 4 is 51.1 Å². The summed E-state index contributed by atoms with van der Waals surface area (Å²) < 4.78 is 0.740. The van der Waals surface area contributed by atoms with Gasteiger partial charge in [0.05, 0.1) is 11.4 Å². The third kappa shape index (κ3) is 4.23. The van der Waals surface area contributed by atoms with Crippen molar-refractivity contribution in [2.75, 3.05) is 17.2 Å². The summed E-state index contributed by atoms with van der Waals surface area (Å²) in [4.78, 5) is 41.3. The Balaban J connectivity index is 1.52. The molecule has 0 fully saturated rings. The number of carbonyl (C=O) groups is 3. The molecule has 0 bridgehead atoms. The third-order valence-electron chi connectivity index (χ3n) is 3.58. The van der Waals surface area contributed by atoms with Gasteiger partial charge < -0.3 is 9.88 Å². The first kappa shape index (κ1) is 17.6. The summed E-state index contributed by atoms with van der Waals surface area (Å²) in [6.45, 7) is 0.256. The highest BCUT2D eigenvalue weighted by Gasteiger charge is 2.24. The zero-order chi connectivity index (χ0) is 17.8. The van der Waals surface area contributed by atoms with Crippen LogP contribution >= 0.6 is 27.7 Å². The number of nitrogens with one attached hydrogen (secondary N) is 3. The molecule has 2 heterocycles. The van der Waals surface area contributed by atoms with Gasteiger partial charge in [-0.1, -0.05) is 12.1 Å². The fourth-order valence-electron chi connectivity index (χ4n) is 2.37. The highest BCUT2D eigenvalue weighted by atomic mass is 79.9. The molecule has 1 aliphatic heterocycles. The van der Waals surface area contributed by atoms with E-state index >= 15 is 0 Å². The van der Waals surface area contributed by atoms with E-state index in [9.17, 15) is 14.4 Å². The highest BCUT2D eigenvalue weighted by Crippen LogP contribution is 2.34. The molecule has 130 valence electrons. The number of H-pyrrole nitrogens is 1. The molecule has 0 aliphatic carbocycles. The van der Waals surface area contributed by atoms with Crippen LogP contribution in [-0.2, 0) is 9.59 Å². The van der Waals surface area contributed by atoms with Crippen LogP contribution in [0.3, 0.4) is 0 Å². The molecule has 1 aromatic heterocycles. The van der Waals surface area contributed by atoms with E-state index in [1.54, 1.807) is 17.2 Å². The molecule has 3 rings (SSSR count). The van der Waals surface area contributed by atoms with E-state index in [0.29, 0.717) is 11.4 Å². The summed E-state index contributed by atoms with van der Waals surface area (Å²) in [5.74, 6) is -0.494. The Kier molecular flexibility index (Phi) is 5.44. The van der Waals surface area contributed by atoms with Crippen LogP contribution in [0.2, 0.25) is 0 Å². The van der Waals surface area contributed by atoms with E-state index in [1.165, 1.54) is 11.8 Å². The quantitative estimate of drug-likeness (QED) is 0.657. The third-order valence-corrected chi connectivity index (χ3v) is 5.08. The molecule has 3 N–H and O–H groups in total. The van der Waals surface area contributed by atoms with Crippen molar-refractivity contribution in [3.8, 4) is 0 Å². The van der Waals surface area contributed by atoms with Gasteiger partial charge in [0.25, 0.3) is 5.91 Å². The Morgan fingerprint density at radius 1 is 1.28 bits per heavy atom. The molecule has 0 unspecified atom stereocenters. The molecule has 0 saturated heterocycles. The normalized spacial score (nSPS) is 13.3. The summed E-state index contributed by atoms with van der Waals surface area (Å²) in [7, 11) is 0.